The summed E-state index contributed by atoms with van der Waals surface area (Å²) in [6, 6.07) is 13.9. The van der Waals surface area contributed by atoms with Crippen LogP contribution in [0, 0.1) is 5.82 Å². The van der Waals surface area contributed by atoms with Crippen molar-refractivity contribution >= 4 is 42.9 Å². The van der Waals surface area contributed by atoms with Crippen LogP contribution >= 0.6 is 11.6 Å². The number of hydrogen-bond donors (Lipinski definition) is 1. The molecule has 3 aliphatic rings. The number of rotatable bonds is 10. The fourth-order valence-electron chi connectivity index (χ4n) is 6.16. The number of carbonyl (C=O) groups excluding carboxylic acids is 2. The number of amides is 2. The number of nitrogens with one attached hydrogen (secondary N) is 1. The monoisotopic (exact) mass is 666 g/mol. The predicted molar refractivity (Wildman–Crippen MR) is 177 cm³/mol. The number of likely N-dealkylation sites (tertiary alicyclic amines) is 1. The Morgan fingerprint density at radius 3 is 2.63 bits per heavy atom. The molecule has 0 unspecified atom stereocenters. The summed E-state index contributed by atoms with van der Waals surface area (Å²) in [6.07, 6.45) is 5.88. The van der Waals surface area contributed by atoms with Gasteiger partial charge in [-0.3, -0.25) is 10.1 Å². The van der Waals surface area contributed by atoms with Crippen molar-refractivity contribution in [2.75, 3.05) is 32.1 Å². The molecule has 1 spiro atoms. The summed E-state index contributed by atoms with van der Waals surface area (Å²) in [4.78, 5) is 33.5. The van der Waals surface area contributed by atoms with Crippen molar-refractivity contribution in [1.29, 1.82) is 0 Å². The molecule has 1 saturated heterocycles. The number of imidazole rings is 1. The molecule has 9 nitrogen and oxygen atoms in total. The lowest BCUT2D eigenvalue weighted by molar-refractivity contribution is -0.0423. The molecule has 3 heterocycles. The minimum atomic E-state index is -1.39. The largest absolute Gasteiger partial charge is 0.436 e. The lowest BCUT2D eigenvalue weighted by Crippen LogP contribution is -2.53. The number of carbonyl (C=O) groups is 2. The van der Waals surface area contributed by atoms with E-state index >= 15 is 4.39 Å². The molecular weight excluding hydrogens is 627 g/mol. The van der Waals surface area contributed by atoms with E-state index in [0.717, 1.165) is 30.0 Å². The van der Waals surface area contributed by atoms with Crippen molar-refractivity contribution in [1.82, 2.24) is 14.5 Å². The van der Waals surface area contributed by atoms with Crippen molar-refractivity contribution < 1.29 is 28.2 Å². The van der Waals surface area contributed by atoms with Crippen molar-refractivity contribution in [2.24, 2.45) is 0 Å². The maximum Gasteiger partial charge on any atom is 0.412 e. The van der Waals surface area contributed by atoms with Crippen molar-refractivity contribution in [3.63, 3.8) is 0 Å². The van der Waals surface area contributed by atoms with Crippen molar-refractivity contribution in [3.8, 4) is 0 Å². The molecule has 6 rings (SSSR count). The highest BCUT2D eigenvalue weighted by Crippen LogP contribution is 2.46. The number of hydrogen-bond acceptors (Lipinski definition) is 6. The van der Waals surface area contributed by atoms with Gasteiger partial charge in [0.15, 0.2) is 11.4 Å². The number of benzene rings is 2. The fourth-order valence-corrected chi connectivity index (χ4v) is 7.07. The highest BCUT2D eigenvalue weighted by molar-refractivity contribution is 6.76. The molecule has 0 radical (unpaired) electrons. The standard InChI is InChI=1S/C34H40ClFN4O5Si/c1-43-33(14-15-33)19-24(23-9-6-5-7-10-23)27-20-40(22-44-17-18-46(2,3)4)30(37-27)31(41)39-16-8-13-34(21-39)28-26(38-32(42)45-34)12-11-25(35)29(28)36/h5-7,9-12,19-20H,8,13-18,21-22H2,1-4H3,(H,38,42)/b24-19-/t34-/m0/s1. The fraction of sp³-hybridized carbons (Fsp3) is 0.441. The average molecular weight is 667 g/mol. The number of fused-ring (bicyclic) bond motifs is 2. The highest BCUT2D eigenvalue weighted by atomic mass is 35.5. The van der Waals surface area contributed by atoms with E-state index in [4.69, 9.17) is 30.8 Å². The Hall–Kier alpha value is -3.51. The van der Waals surface area contributed by atoms with Gasteiger partial charge in [-0.15, -0.1) is 0 Å². The number of halogens is 2. The van der Waals surface area contributed by atoms with Gasteiger partial charge in [-0.25, -0.2) is 14.2 Å². The summed E-state index contributed by atoms with van der Waals surface area (Å²) in [7, 11) is 0.369. The van der Waals surface area contributed by atoms with Gasteiger partial charge in [0, 0.05) is 40.1 Å². The van der Waals surface area contributed by atoms with Gasteiger partial charge in [-0.2, -0.15) is 0 Å². The summed E-state index contributed by atoms with van der Waals surface area (Å²) in [5, 5.41) is 2.49. The molecule has 1 aliphatic carbocycles. The SMILES string of the molecule is COC1(/C=C(/c2ccccc2)c2cn(COCC[Si](C)(C)C)c(C(=O)N3CCC[C@@]4(C3)OC(=O)Nc3ccc(Cl)c(F)c34)n2)CC1. The number of anilines is 1. The predicted octanol–water partition coefficient (Wildman–Crippen LogP) is 7.29. The van der Waals surface area contributed by atoms with Gasteiger partial charge in [0.1, 0.15) is 6.73 Å². The molecule has 0 bridgehead atoms. The second-order valence-electron chi connectivity index (χ2n) is 13.6. The van der Waals surface area contributed by atoms with Crippen LogP contribution in [0.2, 0.25) is 30.7 Å². The molecule has 3 aromatic rings. The van der Waals surface area contributed by atoms with Gasteiger partial charge in [0.25, 0.3) is 5.91 Å². The Labute approximate surface area is 274 Å². The lowest BCUT2D eigenvalue weighted by Gasteiger charge is -2.45. The average Bonchev–Trinajstić information content (AvgIpc) is 3.69. The number of nitrogens with zero attached hydrogens (tertiary/aromatic N) is 3. The summed E-state index contributed by atoms with van der Waals surface area (Å²) in [5.74, 6) is -0.841. The van der Waals surface area contributed by atoms with E-state index in [1.165, 1.54) is 6.07 Å². The summed E-state index contributed by atoms with van der Waals surface area (Å²) < 4.78 is 35.0. The molecule has 12 heteroatoms. The Bertz CT molecular complexity index is 1670. The summed E-state index contributed by atoms with van der Waals surface area (Å²) in [5.41, 5.74) is 1.12. The Morgan fingerprint density at radius 2 is 1.93 bits per heavy atom. The van der Waals surface area contributed by atoms with Crippen LogP contribution < -0.4 is 5.32 Å². The van der Waals surface area contributed by atoms with Gasteiger partial charge in [0.2, 0.25) is 5.82 Å². The van der Waals surface area contributed by atoms with E-state index in [0.29, 0.717) is 31.7 Å². The molecule has 1 N–H and O–H groups in total. The van der Waals surface area contributed by atoms with Gasteiger partial charge in [-0.05, 0) is 55.5 Å². The Balaban J connectivity index is 1.37. The minimum Gasteiger partial charge on any atom is -0.436 e. The van der Waals surface area contributed by atoms with Gasteiger partial charge < -0.3 is 23.7 Å². The molecule has 1 atom stereocenters. The van der Waals surface area contributed by atoms with Crippen LogP contribution in [0.4, 0.5) is 14.9 Å². The van der Waals surface area contributed by atoms with E-state index in [1.807, 2.05) is 36.5 Å². The summed E-state index contributed by atoms with van der Waals surface area (Å²) in [6.45, 7) is 7.91. The number of aromatic nitrogens is 2. The van der Waals surface area contributed by atoms with Gasteiger partial charge in [-0.1, -0.05) is 61.6 Å². The van der Waals surface area contributed by atoms with Crippen LogP contribution in [-0.4, -0.2) is 66.9 Å². The molecular formula is C34H40ClFN4O5Si. The first-order valence-corrected chi connectivity index (χ1v) is 19.8. The quantitative estimate of drug-likeness (QED) is 0.180. The van der Waals surface area contributed by atoms with Gasteiger partial charge >= 0.3 is 6.09 Å². The van der Waals surface area contributed by atoms with Crippen LogP contribution in [-0.2, 0) is 26.5 Å². The first-order valence-electron chi connectivity index (χ1n) is 15.7. The molecule has 2 amide bonds. The maximum absolute atomic E-state index is 15.5. The molecule has 46 heavy (non-hydrogen) atoms. The van der Waals surface area contributed by atoms with E-state index in [1.54, 1.807) is 22.6 Å². The molecule has 1 aromatic heterocycles. The van der Waals surface area contributed by atoms with E-state index in [9.17, 15) is 9.59 Å². The number of ether oxygens (including phenoxy) is 3. The normalized spacial score (nSPS) is 20.7. The third kappa shape index (κ3) is 6.64. The van der Waals surface area contributed by atoms with Crippen LogP contribution in [0.25, 0.3) is 5.57 Å². The van der Waals surface area contributed by atoms with E-state index in [2.05, 4.69) is 31.0 Å². The third-order valence-corrected chi connectivity index (χ3v) is 10.9. The zero-order valence-electron chi connectivity index (χ0n) is 26.7. The molecule has 2 aromatic carbocycles. The first-order chi connectivity index (χ1) is 21.9. The second-order valence-corrected chi connectivity index (χ2v) is 19.6. The highest BCUT2D eigenvalue weighted by Gasteiger charge is 2.49. The zero-order chi connectivity index (χ0) is 32.7. The maximum atomic E-state index is 15.5. The Morgan fingerprint density at radius 1 is 1.17 bits per heavy atom. The van der Waals surface area contributed by atoms with Crippen molar-refractivity contribution in [3.05, 3.63) is 88.2 Å². The smallest absolute Gasteiger partial charge is 0.412 e. The first kappa shape index (κ1) is 32.4. The third-order valence-electron chi connectivity index (χ3n) is 8.93. The van der Waals surface area contributed by atoms with Crippen molar-refractivity contribution in [2.45, 2.75) is 69.3 Å². The zero-order valence-corrected chi connectivity index (χ0v) is 28.5. The van der Waals surface area contributed by atoms with Gasteiger partial charge in [0.05, 0.1) is 34.1 Å². The number of methoxy groups -OCH3 is 1. The topological polar surface area (TPSA) is 94.9 Å². The minimum absolute atomic E-state index is 0.0453. The molecule has 244 valence electrons. The Kier molecular flexibility index (Phi) is 8.88. The van der Waals surface area contributed by atoms with E-state index < -0.39 is 25.6 Å². The van der Waals surface area contributed by atoms with Crippen LogP contribution in [0.1, 0.15) is 53.1 Å². The van der Waals surface area contributed by atoms with Crippen LogP contribution in [0.3, 0.4) is 0 Å². The van der Waals surface area contributed by atoms with Crippen LogP contribution in [0.5, 0.6) is 0 Å². The lowest BCUT2D eigenvalue weighted by atomic mass is 9.83. The second kappa shape index (κ2) is 12.6. The molecule has 2 fully saturated rings. The van der Waals surface area contributed by atoms with Crippen LogP contribution in [0.15, 0.2) is 54.7 Å². The number of piperidine rings is 1. The van der Waals surface area contributed by atoms with E-state index in [-0.39, 0.29) is 46.9 Å². The molecule has 1 saturated carbocycles. The molecule has 2 aliphatic heterocycles. The summed E-state index contributed by atoms with van der Waals surface area (Å²) >= 11 is 6.17.